The number of ketones is 1. The minimum absolute atomic E-state index is 0.103. The molecular formula is C17H17NO. The van der Waals surface area contributed by atoms with Gasteiger partial charge < -0.3 is 5.73 Å². The van der Waals surface area contributed by atoms with Crippen molar-refractivity contribution < 1.29 is 4.79 Å². The maximum Gasteiger partial charge on any atom is 0.160 e. The van der Waals surface area contributed by atoms with E-state index in [9.17, 15) is 4.79 Å². The molecule has 0 aliphatic heterocycles. The average Bonchev–Trinajstić information content (AvgIpc) is 2.41. The first-order chi connectivity index (χ1) is 9.15. The summed E-state index contributed by atoms with van der Waals surface area (Å²) in [4.78, 5) is 11.9. The van der Waals surface area contributed by atoms with Crippen molar-refractivity contribution in [1.29, 1.82) is 0 Å². The molecule has 0 saturated carbocycles. The minimum Gasteiger partial charge on any atom is -0.399 e. The number of allylic oxidation sites excluding steroid dienone is 1. The molecule has 0 aliphatic rings. The third-order valence-electron chi connectivity index (χ3n) is 3.02. The highest BCUT2D eigenvalue weighted by Crippen LogP contribution is 2.10. The number of benzene rings is 2. The Hall–Kier alpha value is -2.35. The third-order valence-corrected chi connectivity index (χ3v) is 3.02. The van der Waals surface area contributed by atoms with Crippen LogP contribution < -0.4 is 5.73 Å². The molecular weight excluding hydrogens is 234 g/mol. The van der Waals surface area contributed by atoms with Crippen molar-refractivity contribution in [3.8, 4) is 0 Å². The first-order valence-corrected chi connectivity index (χ1v) is 6.26. The standard InChI is InChI=1S/C17H17NO/c1-13-4-2-3-5-15(13)12-17(19)11-8-14-6-9-16(18)10-7-14/h2-11H,12,18H2,1H3/b11-8+. The Labute approximate surface area is 113 Å². The summed E-state index contributed by atoms with van der Waals surface area (Å²) in [6, 6.07) is 15.4. The lowest BCUT2D eigenvalue weighted by Gasteiger charge is -2.02. The zero-order chi connectivity index (χ0) is 13.7. The predicted octanol–water partition coefficient (Wildman–Crippen LogP) is 3.40. The van der Waals surface area contributed by atoms with E-state index in [2.05, 4.69) is 0 Å². The Bertz CT molecular complexity index is 597. The molecule has 0 saturated heterocycles. The van der Waals surface area contributed by atoms with Crippen LogP contribution in [0.2, 0.25) is 0 Å². The highest BCUT2D eigenvalue weighted by molar-refractivity contribution is 5.95. The summed E-state index contributed by atoms with van der Waals surface area (Å²) in [5, 5.41) is 0. The molecule has 2 nitrogen and oxygen atoms in total. The van der Waals surface area contributed by atoms with E-state index in [1.165, 1.54) is 0 Å². The largest absolute Gasteiger partial charge is 0.399 e. The van der Waals surface area contributed by atoms with Crippen LogP contribution in [0.5, 0.6) is 0 Å². The molecule has 2 N–H and O–H groups in total. The highest BCUT2D eigenvalue weighted by Gasteiger charge is 2.02. The second kappa shape index (κ2) is 6.01. The van der Waals surface area contributed by atoms with Crippen molar-refractivity contribution in [3.05, 3.63) is 71.3 Å². The second-order valence-electron chi connectivity index (χ2n) is 4.57. The highest BCUT2D eigenvalue weighted by atomic mass is 16.1. The summed E-state index contributed by atoms with van der Waals surface area (Å²) in [5.74, 6) is 0.103. The minimum atomic E-state index is 0.103. The SMILES string of the molecule is Cc1ccccc1CC(=O)/C=C/c1ccc(N)cc1. The van der Waals surface area contributed by atoms with Gasteiger partial charge in [-0.1, -0.05) is 42.5 Å². The normalized spacial score (nSPS) is 10.8. The fraction of sp³-hybridized carbons (Fsp3) is 0.118. The van der Waals surface area contributed by atoms with Gasteiger partial charge in [0.05, 0.1) is 0 Å². The molecule has 0 unspecified atom stereocenters. The van der Waals surface area contributed by atoms with Crippen LogP contribution >= 0.6 is 0 Å². The van der Waals surface area contributed by atoms with E-state index >= 15 is 0 Å². The predicted molar refractivity (Wildman–Crippen MR) is 79.8 cm³/mol. The molecule has 0 atom stereocenters. The topological polar surface area (TPSA) is 43.1 Å². The maximum absolute atomic E-state index is 11.9. The van der Waals surface area contributed by atoms with Gasteiger partial charge in [-0.25, -0.2) is 0 Å². The van der Waals surface area contributed by atoms with Crippen LogP contribution in [-0.4, -0.2) is 5.78 Å². The van der Waals surface area contributed by atoms with Gasteiger partial charge in [-0.3, -0.25) is 4.79 Å². The summed E-state index contributed by atoms with van der Waals surface area (Å²) >= 11 is 0. The molecule has 96 valence electrons. The third kappa shape index (κ3) is 3.81. The molecule has 19 heavy (non-hydrogen) atoms. The van der Waals surface area contributed by atoms with Gasteiger partial charge in [-0.2, -0.15) is 0 Å². The number of aryl methyl sites for hydroxylation is 1. The van der Waals surface area contributed by atoms with E-state index in [1.807, 2.05) is 61.5 Å². The summed E-state index contributed by atoms with van der Waals surface area (Å²) in [7, 11) is 0. The number of carbonyl (C=O) groups excluding carboxylic acids is 1. The van der Waals surface area contributed by atoms with E-state index in [-0.39, 0.29) is 5.78 Å². The molecule has 2 rings (SSSR count). The van der Waals surface area contributed by atoms with Gasteiger partial charge in [0, 0.05) is 12.1 Å². The number of carbonyl (C=O) groups is 1. The van der Waals surface area contributed by atoms with Crippen LogP contribution in [0.3, 0.4) is 0 Å². The Morgan fingerprint density at radius 3 is 2.47 bits per heavy atom. The van der Waals surface area contributed by atoms with Gasteiger partial charge in [-0.05, 0) is 41.8 Å². The number of hydrogen-bond acceptors (Lipinski definition) is 2. The van der Waals surface area contributed by atoms with Gasteiger partial charge in [0.2, 0.25) is 0 Å². The van der Waals surface area contributed by atoms with Crippen LogP contribution in [0.25, 0.3) is 6.08 Å². The number of hydrogen-bond donors (Lipinski definition) is 1. The monoisotopic (exact) mass is 251 g/mol. The van der Waals surface area contributed by atoms with E-state index in [0.717, 1.165) is 22.4 Å². The lowest BCUT2D eigenvalue weighted by Crippen LogP contribution is -2.00. The number of nitrogen functional groups attached to an aromatic ring is 1. The Morgan fingerprint density at radius 2 is 1.79 bits per heavy atom. The molecule has 0 bridgehead atoms. The van der Waals surface area contributed by atoms with Crippen molar-refractivity contribution in [1.82, 2.24) is 0 Å². The van der Waals surface area contributed by atoms with Gasteiger partial charge in [-0.15, -0.1) is 0 Å². The summed E-state index contributed by atoms with van der Waals surface area (Å²) in [6.45, 7) is 2.02. The average molecular weight is 251 g/mol. The van der Waals surface area contributed by atoms with E-state index in [0.29, 0.717) is 6.42 Å². The fourth-order valence-corrected chi connectivity index (χ4v) is 1.85. The first-order valence-electron chi connectivity index (χ1n) is 6.26. The van der Waals surface area contributed by atoms with E-state index in [1.54, 1.807) is 6.08 Å². The number of nitrogens with two attached hydrogens (primary N) is 1. The smallest absolute Gasteiger partial charge is 0.160 e. The zero-order valence-corrected chi connectivity index (χ0v) is 11.0. The maximum atomic E-state index is 11.9. The number of anilines is 1. The van der Waals surface area contributed by atoms with E-state index in [4.69, 9.17) is 5.73 Å². The van der Waals surface area contributed by atoms with Crippen LogP contribution in [0.4, 0.5) is 5.69 Å². The molecule has 0 heterocycles. The molecule has 2 aromatic rings. The van der Waals surface area contributed by atoms with Gasteiger partial charge in [0.15, 0.2) is 5.78 Å². The molecule has 2 heteroatoms. The lowest BCUT2D eigenvalue weighted by molar-refractivity contribution is -0.113. The molecule has 0 spiro atoms. The van der Waals surface area contributed by atoms with Crippen molar-refractivity contribution in [3.63, 3.8) is 0 Å². The Balaban J connectivity index is 2.02. The number of rotatable bonds is 4. The van der Waals surface area contributed by atoms with E-state index < -0.39 is 0 Å². The van der Waals surface area contributed by atoms with Crippen LogP contribution in [0.15, 0.2) is 54.6 Å². The molecule has 0 radical (unpaired) electrons. The lowest BCUT2D eigenvalue weighted by atomic mass is 10.0. The Morgan fingerprint density at radius 1 is 1.11 bits per heavy atom. The molecule has 0 fully saturated rings. The Kier molecular flexibility index (Phi) is 4.14. The molecule has 0 aliphatic carbocycles. The van der Waals surface area contributed by atoms with Crippen molar-refractivity contribution in [2.75, 3.05) is 5.73 Å². The fourth-order valence-electron chi connectivity index (χ4n) is 1.85. The molecule has 0 amide bonds. The molecule has 0 aromatic heterocycles. The summed E-state index contributed by atoms with van der Waals surface area (Å²) in [5.41, 5.74) is 9.54. The van der Waals surface area contributed by atoms with Gasteiger partial charge in [0.1, 0.15) is 0 Å². The zero-order valence-electron chi connectivity index (χ0n) is 11.0. The van der Waals surface area contributed by atoms with Gasteiger partial charge in [0.25, 0.3) is 0 Å². The van der Waals surface area contributed by atoms with Crippen molar-refractivity contribution in [2.45, 2.75) is 13.3 Å². The van der Waals surface area contributed by atoms with Crippen molar-refractivity contribution in [2.24, 2.45) is 0 Å². The quantitative estimate of drug-likeness (QED) is 0.668. The van der Waals surface area contributed by atoms with Gasteiger partial charge >= 0.3 is 0 Å². The second-order valence-corrected chi connectivity index (χ2v) is 4.57. The van der Waals surface area contributed by atoms with Crippen LogP contribution in [0, 0.1) is 6.92 Å². The first kappa shape index (κ1) is 13.1. The summed E-state index contributed by atoms with van der Waals surface area (Å²) < 4.78 is 0. The van der Waals surface area contributed by atoms with Crippen molar-refractivity contribution >= 4 is 17.5 Å². The van der Waals surface area contributed by atoms with Crippen LogP contribution in [-0.2, 0) is 11.2 Å². The summed E-state index contributed by atoms with van der Waals surface area (Å²) in [6.07, 6.45) is 3.89. The molecule has 2 aromatic carbocycles. The van der Waals surface area contributed by atoms with Crippen LogP contribution in [0.1, 0.15) is 16.7 Å².